The number of benzene rings is 1. The van der Waals surface area contributed by atoms with E-state index in [9.17, 15) is 0 Å². The second-order valence-corrected chi connectivity index (χ2v) is 5.98. The molecule has 1 heterocycles. The monoisotopic (exact) mass is 262 g/mol. The van der Waals surface area contributed by atoms with Crippen molar-refractivity contribution in [3.05, 3.63) is 23.2 Å². The number of fused-ring (bicyclic) bond motifs is 1. The lowest BCUT2D eigenvalue weighted by Gasteiger charge is -2.14. The van der Waals surface area contributed by atoms with Gasteiger partial charge in [-0.2, -0.15) is 0 Å². The molecule has 1 aromatic carbocycles. The summed E-state index contributed by atoms with van der Waals surface area (Å²) in [7, 11) is 1.70. The van der Waals surface area contributed by atoms with Crippen molar-refractivity contribution in [1.82, 2.24) is 4.98 Å². The van der Waals surface area contributed by atoms with Crippen molar-refractivity contribution in [3.63, 3.8) is 0 Å². The molecule has 0 bridgehead atoms. The maximum Gasteiger partial charge on any atom is 0.120 e. The summed E-state index contributed by atoms with van der Waals surface area (Å²) in [5.41, 5.74) is 6.94. The predicted octanol–water partition coefficient (Wildman–Crippen LogP) is 3.15. The SMILES string of the molecule is COc1ccc2nc(C3CCCC3CN)sc2c1. The zero-order chi connectivity index (χ0) is 12.5. The fraction of sp³-hybridized carbons (Fsp3) is 0.500. The standard InChI is InChI=1S/C14H18N2OS/c1-17-10-5-6-12-13(7-10)18-14(16-12)11-4-2-3-9(11)8-15/h5-7,9,11H,2-4,8,15H2,1H3. The van der Waals surface area contributed by atoms with Crippen molar-refractivity contribution in [1.29, 1.82) is 0 Å². The van der Waals surface area contributed by atoms with Crippen molar-refractivity contribution in [2.75, 3.05) is 13.7 Å². The van der Waals surface area contributed by atoms with Gasteiger partial charge in [0.15, 0.2) is 0 Å². The molecule has 0 saturated heterocycles. The van der Waals surface area contributed by atoms with Crippen LogP contribution < -0.4 is 10.5 Å². The number of hydrogen-bond acceptors (Lipinski definition) is 4. The Bertz CT molecular complexity index is 552. The van der Waals surface area contributed by atoms with E-state index in [0.717, 1.165) is 17.8 Å². The number of thiazole rings is 1. The molecule has 0 aliphatic heterocycles. The predicted molar refractivity (Wildman–Crippen MR) is 75.3 cm³/mol. The number of nitrogens with two attached hydrogens (primary N) is 1. The lowest BCUT2D eigenvalue weighted by molar-refractivity contribution is 0.415. The molecule has 1 aromatic heterocycles. The van der Waals surface area contributed by atoms with Crippen LogP contribution >= 0.6 is 11.3 Å². The Morgan fingerprint density at radius 3 is 3.11 bits per heavy atom. The molecule has 2 unspecified atom stereocenters. The number of nitrogens with zero attached hydrogens (tertiary/aromatic N) is 1. The summed E-state index contributed by atoms with van der Waals surface area (Å²) in [5, 5.41) is 1.26. The van der Waals surface area contributed by atoms with Gasteiger partial charge in [-0.05, 0) is 43.5 Å². The van der Waals surface area contributed by atoms with E-state index < -0.39 is 0 Å². The van der Waals surface area contributed by atoms with Crippen molar-refractivity contribution >= 4 is 21.6 Å². The second kappa shape index (κ2) is 4.86. The molecule has 0 radical (unpaired) electrons. The molecular formula is C14H18N2OS. The van der Waals surface area contributed by atoms with E-state index in [0.29, 0.717) is 11.8 Å². The highest BCUT2D eigenvalue weighted by molar-refractivity contribution is 7.18. The lowest BCUT2D eigenvalue weighted by Crippen LogP contribution is -2.16. The van der Waals surface area contributed by atoms with Crippen molar-refractivity contribution in [2.45, 2.75) is 25.2 Å². The zero-order valence-corrected chi connectivity index (χ0v) is 11.4. The highest BCUT2D eigenvalue weighted by atomic mass is 32.1. The van der Waals surface area contributed by atoms with Gasteiger partial charge in [-0.15, -0.1) is 11.3 Å². The number of ether oxygens (including phenoxy) is 1. The Balaban J connectivity index is 1.97. The van der Waals surface area contributed by atoms with Crippen LogP contribution in [0.15, 0.2) is 18.2 Å². The molecule has 2 aromatic rings. The minimum atomic E-state index is 0.568. The molecular weight excluding hydrogens is 244 g/mol. The fourth-order valence-corrected chi connectivity index (χ4v) is 4.08. The van der Waals surface area contributed by atoms with Gasteiger partial charge < -0.3 is 10.5 Å². The normalized spacial score (nSPS) is 23.7. The number of rotatable bonds is 3. The first-order valence-corrected chi connectivity index (χ1v) is 7.28. The van der Waals surface area contributed by atoms with E-state index in [1.165, 1.54) is 29.0 Å². The minimum Gasteiger partial charge on any atom is -0.497 e. The number of aromatic nitrogens is 1. The number of hydrogen-bond donors (Lipinski definition) is 1. The van der Waals surface area contributed by atoms with E-state index in [-0.39, 0.29) is 0 Å². The van der Waals surface area contributed by atoms with Crippen LogP contribution in [0.2, 0.25) is 0 Å². The molecule has 2 atom stereocenters. The van der Waals surface area contributed by atoms with Crippen molar-refractivity contribution < 1.29 is 4.74 Å². The van der Waals surface area contributed by atoms with Gasteiger partial charge in [0.05, 0.1) is 22.3 Å². The van der Waals surface area contributed by atoms with E-state index >= 15 is 0 Å². The summed E-state index contributed by atoms with van der Waals surface area (Å²) in [6.45, 7) is 0.782. The molecule has 96 valence electrons. The fourth-order valence-electron chi connectivity index (χ4n) is 2.85. The Hall–Kier alpha value is -1.13. The Labute approximate surface area is 111 Å². The second-order valence-electron chi connectivity index (χ2n) is 4.92. The van der Waals surface area contributed by atoms with Crippen molar-refractivity contribution in [3.8, 4) is 5.75 Å². The molecule has 1 saturated carbocycles. The van der Waals surface area contributed by atoms with E-state index in [2.05, 4.69) is 6.07 Å². The maximum atomic E-state index is 5.86. The summed E-state index contributed by atoms with van der Waals surface area (Å²) >= 11 is 1.80. The maximum absolute atomic E-state index is 5.86. The smallest absolute Gasteiger partial charge is 0.120 e. The van der Waals surface area contributed by atoms with Gasteiger partial charge >= 0.3 is 0 Å². The molecule has 1 aliphatic rings. The molecule has 0 spiro atoms. The van der Waals surface area contributed by atoms with Gasteiger partial charge in [0.2, 0.25) is 0 Å². The quantitative estimate of drug-likeness (QED) is 0.924. The topological polar surface area (TPSA) is 48.1 Å². The molecule has 3 nitrogen and oxygen atoms in total. The van der Waals surface area contributed by atoms with Crippen molar-refractivity contribution in [2.24, 2.45) is 11.7 Å². The van der Waals surface area contributed by atoms with E-state index in [1.807, 2.05) is 12.1 Å². The molecule has 3 rings (SSSR count). The summed E-state index contributed by atoms with van der Waals surface area (Å²) in [5.74, 6) is 2.09. The van der Waals surface area contributed by atoms with Crippen LogP contribution in [0.25, 0.3) is 10.2 Å². The van der Waals surface area contributed by atoms with Crippen LogP contribution in [0, 0.1) is 5.92 Å². The molecule has 0 amide bonds. The Morgan fingerprint density at radius 1 is 1.44 bits per heavy atom. The summed E-state index contributed by atoms with van der Waals surface area (Å²) < 4.78 is 6.47. The van der Waals surface area contributed by atoms with E-state index in [4.69, 9.17) is 15.5 Å². The molecule has 1 fully saturated rings. The molecule has 4 heteroatoms. The average Bonchev–Trinajstić information content (AvgIpc) is 3.03. The van der Waals surface area contributed by atoms with Gasteiger partial charge in [0.25, 0.3) is 0 Å². The first-order valence-electron chi connectivity index (χ1n) is 6.46. The van der Waals surface area contributed by atoms with Crippen LogP contribution in [-0.2, 0) is 0 Å². The van der Waals surface area contributed by atoms with Crippen LogP contribution in [-0.4, -0.2) is 18.6 Å². The third-order valence-corrected chi connectivity index (χ3v) is 5.04. The van der Waals surface area contributed by atoms with Gasteiger partial charge in [-0.25, -0.2) is 4.98 Å². The van der Waals surface area contributed by atoms with Crippen LogP contribution in [0.1, 0.15) is 30.2 Å². The Kier molecular flexibility index (Phi) is 3.22. The molecule has 2 N–H and O–H groups in total. The third kappa shape index (κ3) is 1.99. The third-order valence-electron chi connectivity index (χ3n) is 3.89. The zero-order valence-electron chi connectivity index (χ0n) is 10.6. The number of methoxy groups -OCH3 is 1. The summed E-state index contributed by atoms with van der Waals surface area (Å²) in [6.07, 6.45) is 3.77. The summed E-state index contributed by atoms with van der Waals surface area (Å²) in [6, 6.07) is 6.09. The van der Waals surface area contributed by atoms with Crippen LogP contribution in [0.5, 0.6) is 5.75 Å². The highest BCUT2D eigenvalue weighted by Gasteiger charge is 2.29. The molecule has 18 heavy (non-hydrogen) atoms. The van der Waals surface area contributed by atoms with Gasteiger partial charge in [0, 0.05) is 5.92 Å². The highest BCUT2D eigenvalue weighted by Crippen LogP contribution is 2.42. The van der Waals surface area contributed by atoms with Crippen LogP contribution in [0.4, 0.5) is 0 Å². The molecule has 1 aliphatic carbocycles. The first-order chi connectivity index (χ1) is 8.81. The minimum absolute atomic E-state index is 0.568. The van der Waals surface area contributed by atoms with E-state index in [1.54, 1.807) is 18.4 Å². The van der Waals surface area contributed by atoms with Gasteiger partial charge in [0.1, 0.15) is 5.75 Å². The lowest BCUT2D eigenvalue weighted by atomic mass is 9.97. The van der Waals surface area contributed by atoms with Crippen LogP contribution in [0.3, 0.4) is 0 Å². The Morgan fingerprint density at radius 2 is 2.33 bits per heavy atom. The van der Waals surface area contributed by atoms with Gasteiger partial charge in [-0.3, -0.25) is 0 Å². The average molecular weight is 262 g/mol. The summed E-state index contributed by atoms with van der Waals surface area (Å²) in [4.78, 5) is 4.78. The first kappa shape index (κ1) is 11.9. The largest absolute Gasteiger partial charge is 0.497 e. The van der Waals surface area contributed by atoms with Gasteiger partial charge in [-0.1, -0.05) is 6.42 Å².